The quantitative estimate of drug-likeness (QED) is 0.675. The lowest BCUT2D eigenvalue weighted by Crippen LogP contribution is -2.39. The molecule has 0 spiro atoms. The van der Waals surface area contributed by atoms with Gasteiger partial charge in [0, 0.05) is 26.2 Å². The first-order valence-electron chi connectivity index (χ1n) is 7.79. The van der Waals surface area contributed by atoms with Crippen LogP contribution in [0.3, 0.4) is 0 Å². The topological polar surface area (TPSA) is 27.6 Å². The molecule has 3 nitrogen and oxygen atoms in total. The van der Waals surface area contributed by atoms with E-state index < -0.39 is 0 Å². The van der Waals surface area contributed by atoms with Crippen molar-refractivity contribution in [2.24, 2.45) is 4.99 Å². The highest BCUT2D eigenvalue weighted by molar-refractivity contribution is 5.80. The van der Waals surface area contributed by atoms with Crippen molar-refractivity contribution >= 4 is 5.96 Å². The van der Waals surface area contributed by atoms with E-state index >= 15 is 0 Å². The van der Waals surface area contributed by atoms with Crippen molar-refractivity contribution in [2.75, 3.05) is 26.2 Å². The van der Waals surface area contributed by atoms with Crippen molar-refractivity contribution in [1.29, 1.82) is 0 Å². The van der Waals surface area contributed by atoms with Crippen LogP contribution in [-0.4, -0.2) is 37.0 Å². The van der Waals surface area contributed by atoms with Gasteiger partial charge < -0.3 is 10.2 Å². The first-order valence-corrected chi connectivity index (χ1v) is 7.79. The van der Waals surface area contributed by atoms with Crippen LogP contribution in [0.2, 0.25) is 0 Å². The predicted molar refractivity (Wildman–Crippen MR) is 86.4 cm³/mol. The highest BCUT2D eigenvalue weighted by atomic mass is 15.3. The molecule has 110 valence electrons. The molecular weight excluding hydrogens is 246 g/mol. The summed E-state index contributed by atoms with van der Waals surface area (Å²) < 4.78 is 0. The maximum absolute atomic E-state index is 4.78. The third kappa shape index (κ3) is 4.26. The lowest BCUT2D eigenvalue weighted by Gasteiger charge is -2.20. The van der Waals surface area contributed by atoms with Crippen LogP contribution in [0.5, 0.6) is 0 Å². The number of nitrogens with one attached hydrogen (secondary N) is 1. The Morgan fingerprint density at radius 3 is 2.40 bits per heavy atom. The van der Waals surface area contributed by atoms with Gasteiger partial charge in [0.15, 0.2) is 5.96 Å². The number of aryl methyl sites for hydroxylation is 2. The van der Waals surface area contributed by atoms with Crippen molar-refractivity contribution in [1.82, 2.24) is 10.2 Å². The summed E-state index contributed by atoms with van der Waals surface area (Å²) in [5, 5.41) is 3.41. The smallest absolute Gasteiger partial charge is 0.193 e. The summed E-state index contributed by atoms with van der Waals surface area (Å²) in [5.74, 6) is 1.09. The molecule has 20 heavy (non-hydrogen) atoms. The molecule has 1 fully saturated rings. The number of hydrogen-bond acceptors (Lipinski definition) is 1. The van der Waals surface area contributed by atoms with Gasteiger partial charge in [-0.1, -0.05) is 29.3 Å². The molecule has 0 aromatic heterocycles. The third-order valence-electron chi connectivity index (χ3n) is 3.68. The zero-order chi connectivity index (χ0) is 14.4. The Kier molecular flexibility index (Phi) is 5.45. The zero-order valence-electron chi connectivity index (χ0n) is 13.1. The Hall–Kier alpha value is -1.51. The van der Waals surface area contributed by atoms with Gasteiger partial charge in [-0.05, 0) is 45.6 Å². The average molecular weight is 273 g/mol. The minimum atomic E-state index is 0.863. The molecule has 0 saturated carbocycles. The van der Waals surface area contributed by atoms with Gasteiger partial charge in [-0.15, -0.1) is 0 Å². The highest BCUT2D eigenvalue weighted by Gasteiger charge is 2.15. The van der Waals surface area contributed by atoms with Gasteiger partial charge in [0.25, 0.3) is 0 Å². The Labute approximate surface area is 123 Å². The summed E-state index contributed by atoms with van der Waals surface area (Å²) in [5.41, 5.74) is 4.08. The van der Waals surface area contributed by atoms with Crippen molar-refractivity contribution in [3.05, 3.63) is 34.9 Å². The van der Waals surface area contributed by atoms with E-state index in [2.05, 4.69) is 49.2 Å². The number of benzene rings is 1. The van der Waals surface area contributed by atoms with Crippen molar-refractivity contribution < 1.29 is 0 Å². The van der Waals surface area contributed by atoms with E-state index in [1.807, 2.05) is 0 Å². The number of guanidine groups is 1. The number of aliphatic imine (C=N–C) groups is 1. The summed E-state index contributed by atoms with van der Waals surface area (Å²) in [6, 6.07) is 6.76. The summed E-state index contributed by atoms with van der Waals surface area (Å²) >= 11 is 0. The first-order chi connectivity index (χ1) is 9.69. The minimum absolute atomic E-state index is 0.863. The molecule has 0 unspecified atom stereocenters. The molecular formula is C17H27N3. The molecule has 1 aromatic rings. The molecule has 0 bridgehead atoms. The molecule has 1 aliphatic rings. The molecule has 0 atom stereocenters. The number of nitrogens with zero attached hydrogens (tertiary/aromatic N) is 2. The largest absolute Gasteiger partial charge is 0.357 e. The summed E-state index contributed by atoms with van der Waals surface area (Å²) in [7, 11) is 0. The van der Waals surface area contributed by atoms with Gasteiger partial charge >= 0.3 is 0 Å². The Morgan fingerprint density at radius 2 is 1.80 bits per heavy atom. The summed E-state index contributed by atoms with van der Waals surface area (Å²) in [6.07, 6.45) is 3.61. The summed E-state index contributed by atoms with van der Waals surface area (Å²) in [4.78, 5) is 7.16. The predicted octanol–water partition coefficient (Wildman–Crippen LogP) is 2.91. The normalized spacial score (nSPS) is 15.8. The van der Waals surface area contributed by atoms with Crippen LogP contribution in [0.15, 0.2) is 23.2 Å². The van der Waals surface area contributed by atoms with Gasteiger partial charge in [0.05, 0.1) is 0 Å². The lowest BCUT2D eigenvalue weighted by molar-refractivity contribution is 0.494. The Morgan fingerprint density at radius 1 is 1.15 bits per heavy atom. The molecule has 1 aromatic carbocycles. The lowest BCUT2D eigenvalue weighted by atomic mass is 10.1. The molecule has 0 radical (unpaired) electrons. The maximum atomic E-state index is 4.78. The number of rotatable bonds is 4. The Balaban J connectivity index is 1.95. The van der Waals surface area contributed by atoms with Crippen LogP contribution in [0.1, 0.15) is 36.5 Å². The second kappa shape index (κ2) is 7.32. The maximum Gasteiger partial charge on any atom is 0.193 e. The molecule has 0 amide bonds. The molecule has 1 aliphatic heterocycles. The minimum Gasteiger partial charge on any atom is -0.357 e. The Bertz CT molecular complexity index is 439. The van der Waals surface area contributed by atoms with Crippen molar-refractivity contribution in [3.8, 4) is 0 Å². The van der Waals surface area contributed by atoms with Gasteiger partial charge in [-0.2, -0.15) is 0 Å². The second-order valence-corrected chi connectivity index (χ2v) is 5.68. The first kappa shape index (κ1) is 14.9. The van der Waals surface area contributed by atoms with Gasteiger partial charge in [-0.3, -0.25) is 4.99 Å². The summed E-state index contributed by atoms with van der Waals surface area (Å²) in [6.45, 7) is 10.6. The fourth-order valence-corrected chi connectivity index (χ4v) is 2.86. The van der Waals surface area contributed by atoms with Crippen LogP contribution >= 0.6 is 0 Å². The third-order valence-corrected chi connectivity index (χ3v) is 3.68. The average Bonchev–Trinajstić information content (AvgIpc) is 2.90. The standard InChI is InChI=1S/C17H27N3/c1-4-18-17(20-9-5-6-10-20)19-8-7-16-12-14(2)11-15(3)13-16/h11-13H,4-10H2,1-3H3,(H,18,19). The van der Waals surface area contributed by atoms with E-state index in [0.29, 0.717) is 0 Å². The van der Waals surface area contributed by atoms with Crippen LogP contribution in [-0.2, 0) is 6.42 Å². The van der Waals surface area contributed by atoms with Crippen LogP contribution in [0.4, 0.5) is 0 Å². The highest BCUT2D eigenvalue weighted by Crippen LogP contribution is 2.10. The fourth-order valence-electron chi connectivity index (χ4n) is 2.86. The second-order valence-electron chi connectivity index (χ2n) is 5.68. The number of likely N-dealkylation sites (tertiary alicyclic amines) is 1. The van der Waals surface area contributed by atoms with Gasteiger partial charge in [0.2, 0.25) is 0 Å². The van der Waals surface area contributed by atoms with Gasteiger partial charge in [0.1, 0.15) is 0 Å². The van der Waals surface area contributed by atoms with E-state index in [4.69, 9.17) is 4.99 Å². The van der Waals surface area contributed by atoms with Crippen LogP contribution in [0, 0.1) is 13.8 Å². The van der Waals surface area contributed by atoms with E-state index in [0.717, 1.165) is 38.6 Å². The molecule has 1 heterocycles. The molecule has 0 aliphatic carbocycles. The van der Waals surface area contributed by atoms with Gasteiger partial charge in [-0.25, -0.2) is 0 Å². The monoisotopic (exact) mass is 273 g/mol. The molecule has 1 saturated heterocycles. The van der Waals surface area contributed by atoms with E-state index in [-0.39, 0.29) is 0 Å². The van der Waals surface area contributed by atoms with Crippen LogP contribution in [0.25, 0.3) is 0 Å². The fraction of sp³-hybridized carbons (Fsp3) is 0.588. The molecule has 1 N–H and O–H groups in total. The zero-order valence-corrected chi connectivity index (χ0v) is 13.1. The van der Waals surface area contributed by atoms with Crippen molar-refractivity contribution in [3.63, 3.8) is 0 Å². The molecule has 3 heteroatoms. The van der Waals surface area contributed by atoms with E-state index in [9.17, 15) is 0 Å². The van der Waals surface area contributed by atoms with E-state index in [1.54, 1.807) is 0 Å². The SMILES string of the molecule is CCNC(=NCCc1cc(C)cc(C)c1)N1CCCC1. The van der Waals surface area contributed by atoms with E-state index in [1.165, 1.54) is 29.5 Å². The molecule has 2 rings (SSSR count). The van der Waals surface area contributed by atoms with Crippen molar-refractivity contribution in [2.45, 2.75) is 40.0 Å². The van der Waals surface area contributed by atoms with Crippen LogP contribution < -0.4 is 5.32 Å². The number of hydrogen-bond donors (Lipinski definition) is 1.